The fraction of sp³-hybridized carbons (Fsp3) is 0.323. The van der Waals surface area contributed by atoms with E-state index in [-0.39, 0.29) is 134 Å². The minimum absolute atomic E-state index is 0. The van der Waals surface area contributed by atoms with Gasteiger partial charge in [0.1, 0.15) is 25.3 Å². The maximum absolute atomic E-state index is 14.3. The molecular formula is C62H65N9O12Y2-2. The molecule has 4 N–H and O–H groups in total. The summed E-state index contributed by atoms with van der Waals surface area (Å²) in [5.74, 6) is -1.65. The molecule has 8 amide bonds. The number of benzene rings is 5. The molecule has 0 saturated heterocycles. The maximum atomic E-state index is 14.3. The molecule has 5 aliphatic heterocycles. The van der Waals surface area contributed by atoms with Gasteiger partial charge in [0.25, 0.3) is 23.6 Å². The molecule has 0 spiro atoms. The number of fused-ring (bicyclic) bond motifs is 8. The molecule has 23 heteroatoms. The van der Waals surface area contributed by atoms with E-state index >= 15 is 0 Å². The average molecular weight is 1310 g/mol. The third-order valence-electron chi connectivity index (χ3n) is 15.3. The summed E-state index contributed by atoms with van der Waals surface area (Å²) in [7, 11) is 6.80. The summed E-state index contributed by atoms with van der Waals surface area (Å²) in [5, 5.41) is 10.9. The molecule has 2 radical (unpaired) electrons. The van der Waals surface area contributed by atoms with Crippen LogP contribution in [0, 0.1) is 13.1 Å². The van der Waals surface area contributed by atoms with Gasteiger partial charge in [0.15, 0.2) is 23.0 Å². The molecule has 5 aliphatic rings. The number of methoxy groups -OCH3 is 2. The van der Waals surface area contributed by atoms with Gasteiger partial charge >= 0.3 is 0 Å². The molecular weight excluding hydrogens is 1240 g/mol. The van der Waals surface area contributed by atoms with Crippen molar-refractivity contribution in [2.45, 2.75) is 89.8 Å². The molecule has 0 aromatic heterocycles. The van der Waals surface area contributed by atoms with E-state index in [1.54, 1.807) is 36.4 Å². The minimum atomic E-state index is -1.06. The van der Waals surface area contributed by atoms with Gasteiger partial charge in [-0.15, -0.1) is 0 Å². The van der Waals surface area contributed by atoms with Gasteiger partial charge in [-0.05, 0) is 118 Å². The van der Waals surface area contributed by atoms with E-state index in [4.69, 9.17) is 18.9 Å². The van der Waals surface area contributed by atoms with E-state index in [9.17, 15) is 38.4 Å². The van der Waals surface area contributed by atoms with Gasteiger partial charge in [0.2, 0.25) is 23.6 Å². The molecule has 4 atom stereocenters. The smallest absolute Gasteiger partial charge is 0.258 e. The molecule has 0 bridgehead atoms. The summed E-state index contributed by atoms with van der Waals surface area (Å²) in [6.07, 6.45) is 4.61. The number of likely N-dealkylation sites (N-methyl/N-ethyl adjacent to an activating group) is 2. The molecule has 438 valence electrons. The van der Waals surface area contributed by atoms with E-state index in [1.807, 2.05) is 101 Å². The van der Waals surface area contributed by atoms with Crippen LogP contribution in [0.4, 0.5) is 28.4 Å². The van der Waals surface area contributed by atoms with Crippen LogP contribution in [0.3, 0.4) is 0 Å². The Morgan fingerprint density at radius 1 is 0.588 bits per heavy atom. The van der Waals surface area contributed by atoms with Crippen LogP contribution >= 0.6 is 0 Å². The summed E-state index contributed by atoms with van der Waals surface area (Å²) < 4.78 is 24.7. The number of imide groups is 1. The summed E-state index contributed by atoms with van der Waals surface area (Å²) >= 11 is 0. The quantitative estimate of drug-likeness (QED) is 0.0388. The van der Waals surface area contributed by atoms with E-state index in [1.165, 1.54) is 40.2 Å². The standard InChI is InChI=1S/C62H65N9O12.2Y/c1-36(64-56(73)18-12-11-17-55(72)63-21-22-69-57(74)19-20-58(69)75)59(76)65-37(2)60(77)66-42-24-38(34-82-53-30-49-45(28-51(53)80-5)61(78)70-43(32-67(49)3)26-40-13-7-9-15-47(40)70)23-39(25-42)35-83-54-31-50-46(29-52(54)81-6)62(79)71-44(33-68(50)4)27-41-14-8-10-16-48(41)71;;/h7-10,13-16,19-20,23-25,28-33,36-37,43-44H,11-12,17-18,21-22,26-27,34-35H2,1-6H3,(H,63,72)(H,64,73)(H,65,76)(H,66,77);;/q-2;;/t36?,37?,43-,44-;;/m0../s1. The van der Waals surface area contributed by atoms with Crippen molar-refractivity contribution in [1.29, 1.82) is 0 Å². The number of para-hydroxylation sites is 2. The van der Waals surface area contributed by atoms with Crippen LogP contribution in [-0.4, -0.2) is 118 Å². The van der Waals surface area contributed by atoms with Crippen LogP contribution in [0.15, 0.2) is 103 Å². The number of anilines is 5. The predicted molar refractivity (Wildman–Crippen MR) is 309 cm³/mol. The third-order valence-corrected chi connectivity index (χ3v) is 15.3. The Bertz CT molecular complexity index is 3290. The normalized spacial score (nSPS) is 16.8. The number of rotatable bonds is 21. The molecule has 0 fully saturated rings. The predicted octanol–water partition coefficient (Wildman–Crippen LogP) is 5.77. The van der Waals surface area contributed by atoms with Crippen LogP contribution < -0.4 is 59.8 Å². The number of carbonyl (C=O) groups excluding carboxylic acids is 8. The molecule has 2 unspecified atom stereocenters. The molecule has 5 aromatic rings. The minimum Gasteiger partial charge on any atom is -0.522 e. The van der Waals surface area contributed by atoms with Crippen molar-refractivity contribution < 1.29 is 123 Å². The number of hydrogen-bond donors (Lipinski definition) is 4. The average Bonchev–Trinajstić information content (AvgIpc) is 1.85. The largest absolute Gasteiger partial charge is 0.522 e. The van der Waals surface area contributed by atoms with Crippen molar-refractivity contribution in [2.75, 3.05) is 66.3 Å². The topological polar surface area (TPSA) is 238 Å². The number of amides is 8. The summed E-state index contributed by atoms with van der Waals surface area (Å²) in [6, 6.07) is 25.6. The summed E-state index contributed by atoms with van der Waals surface area (Å²) in [5.41, 5.74) is 7.64. The second-order valence-corrected chi connectivity index (χ2v) is 21.1. The van der Waals surface area contributed by atoms with Gasteiger partial charge in [-0.2, -0.15) is 0 Å². The first kappa shape index (κ1) is 63.8. The van der Waals surface area contributed by atoms with Gasteiger partial charge in [0.05, 0.1) is 25.3 Å². The molecule has 21 nitrogen and oxygen atoms in total. The van der Waals surface area contributed by atoms with Crippen molar-refractivity contribution in [1.82, 2.24) is 20.9 Å². The first-order valence-electron chi connectivity index (χ1n) is 27.5. The Labute approximate surface area is 543 Å². The number of ether oxygens (including phenoxy) is 4. The van der Waals surface area contributed by atoms with Crippen LogP contribution in [-0.2, 0) is 120 Å². The SMILES string of the molecule is COc1cc2c(cc1OCc1cc(COc3cc4c(cc3OC)C(=O)N3c5ccccc5C[C@H]3[CH-]N4C)cc(NC(=O)C(C)NC(=O)C(C)NC(=O)CCCCC(=O)NCCN3C(=O)C=CC3=O)c1)N(C)[CH-][C@@H]1Cc3ccccc3N1C2=O.[Y].[Y]. The Balaban J connectivity index is 0.00000470. The molecule has 5 heterocycles. The van der Waals surface area contributed by atoms with E-state index in [2.05, 4.69) is 21.3 Å². The molecule has 10 rings (SSSR count). The van der Waals surface area contributed by atoms with E-state index in [0.717, 1.165) is 27.4 Å². The first-order chi connectivity index (χ1) is 40.0. The Kier molecular flexibility index (Phi) is 20.9. The van der Waals surface area contributed by atoms with Crippen molar-refractivity contribution in [2.24, 2.45) is 0 Å². The van der Waals surface area contributed by atoms with E-state index in [0.29, 0.717) is 88.0 Å². The zero-order valence-corrected chi connectivity index (χ0v) is 53.8. The van der Waals surface area contributed by atoms with Gasteiger partial charge in [-0.3, -0.25) is 43.3 Å². The number of carbonyl (C=O) groups is 8. The molecule has 0 aliphatic carbocycles. The van der Waals surface area contributed by atoms with Crippen LogP contribution in [0.2, 0.25) is 0 Å². The van der Waals surface area contributed by atoms with Gasteiger partial charge in [-0.1, -0.05) is 48.5 Å². The van der Waals surface area contributed by atoms with Crippen molar-refractivity contribution in [3.8, 4) is 23.0 Å². The third kappa shape index (κ3) is 14.1. The second-order valence-electron chi connectivity index (χ2n) is 21.1. The molecule has 5 aromatic carbocycles. The zero-order valence-electron chi connectivity index (χ0n) is 48.1. The number of nitrogens with one attached hydrogen (secondary N) is 4. The van der Waals surface area contributed by atoms with Crippen molar-refractivity contribution >= 4 is 75.7 Å². The summed E-state index contributed by atoms with van der Waals surface area (Å²) in [4.78, 5) is 113. The molecule has 85 heavy (non-hydrogen) atoms. The fourth-order valence-corrected chi connectivity index (χ4v) is 11.1. The van der Waals surface area contributed by atoms with Crippen LogP contribution in [0.1, 0.15) is 82.5 Å². The number of hydrogen-bond acceptors (Lipinski definition) is 14. The number of unbranched alkanes of at least 4 members (excludes halogenated alkanes) is 1. The fourth-order valence-electron chi connectivity index (χ4n) is 11.1. The molecule has 0 saturated carbocycles. The first-order valence-corrected chi connectivity index (χ1v) is 27.5. The zero-order chi connectivity index (χ0) is 58.6. The van der Waals surface area contributed by atoms with E-state index < -0.39 is 41.6 Å². The van der Waals surface area contributed by atoms with Crippen molar-refractivity contribution in [3.63, 3.8) is 0 Å². The monoisotopic (exact) mass is 1310 g/mol. The van der Waals surface area contributed by atoms with Gasteiger partial charge < -0.3 is 59.8 Å². The summed E-state index contributed by atoms with van der Waals surface area (Å²) in [6.45, 7) is 7.17. The van der Waals surface area contributed by atoms with Crippen LogP contribution in [0.5, 0.6) is 23.0 Å². The second kappa shape index (κ2) is 27.9. The Morgan fingerprint density at radius 3 is 1.55 bits per heavy atom. The number of nitrogens with zero attached hydrogens (tertiary/aromatic N) is 5. The Morgan fingerprint density at radius 2 is 1.06 bits per heavy atom. The van der Waals surface area contributed by atoms with Crippen LogP contribution in [0.25, 0.3) is 0 Å². The van der Waals surface area contributed by atoms with Crippen molar-refractivity contribution in [3.05, 3.63) is 150 Å². The Hall–Kier alpha value is -7.19. The maximum Gasteiger partial charge on any atom is 0.258 e. The van der Waals surface area contributed by atoms with Gasteiger partial charge in [-0.25, -0.2) is 13.1 Å². The van der Waals surface area contributed by atoms with Gasteiger partial charge in [0, 0.05) is 144 Å².